The molecular formula is C24H16ClFN6. The molecular weight excluding hydrogens is 427 g/mol. The van der Waals surface area contributed by atoms with Gasteiger partial charge in [0.15, 0.2) is 5.82 Å². The fourth-order valence-corrected chi connectivity index (χ4v) is 3.63. The second kappa shape index (κ2) is 8.28. The maximum Gasteiger partial charge on any atom is 0.163 e. The molecule has 1 N–H and O–H groups in total. The smallest absolute Gasteiger partial charge is 0.163 e. The van der Waals surface area contributed by atoms with Crippen molar-refractivity contribution >= 4 is 34.0 Å². The van der Waals surface area contributed by atoms with E-state index >= 15 is 0 Å². The van der Waals surface area contributed by atoms with Gasteiger partial charge in [0.25, 0.3) is 0 Å². The minimum Gasteiger partial charge on any atom is -0.340 e. The maximum atomic E-state index is 13.7. The third-order valence-electron chi connectivity index (χ3n) is 4.99. The molecule has 3 heterocycles. The third-order valence-corrected chi connectivity index (χ3v) is 5.28. The van der Waals surface area contributed by atoms with Gasteiger partial charge in [-0.1, -0.05) is 11.6 Å². The molecule has 156 valence electrons. The van der Waals surface area contributed by atoms with Crippen LogP contribution in [0.5, 0.6) is 0 Å². The van der Waals surface area contributed by atoms with Crippen molar-refractivity contribution in [1.29, 1.82) is 0 Å². The van der Waals surface area contributed by atoms with Crippen molar-refractivity contribution in [3.63, 3.8) is 0 Å². The van der Waals surface area contributed by atoms with Crippen molar-refractivity contribution in [2.24, 2.45) is 0 Å². The Hall–Kier alpha value is -3.97. The van der Waals surface area contributed by atoms with Gasteiger partial charge in [-0.05, 0) is 60.5 Å². The number of pyridine rings is 1. The highest BCUT2D eigenvalue weighted by Crippen LogP contribution is 2.33. The zero-order valence-electron chi connectivity index (χ0n) is 16.9. The highest BCUT2D eigenvalue weighted by Gasteiger charge is 2.14. The van der Waals surface area contributed by atoms with Gasteiger partial charge in [-0.25, -0.2) is 24.3 Å². The Morgan fingerprint density at radius 2 is 1.69 bits per heavy atom. The van der Waals surface area contributed by atoms with E-state index in [2.05, 4.69) is 20.3 Å². The number of nitrogens with one attached hydrogen (secondary N) is 1. The highest BCUT2D eigenvalue weighted by molar-refractivity contribution is 6.31. The summed E-state index contributed by atoms with van der Waals surface area (Å²) in [5.74, 6) is 0.613. The van der Waals surface area contributed by atoms with Crippen molar-refractivity contribution < 1.29 is 4.39 Å². The largest absolute Gasteiger partial charge is 0.340 e. The molecule has 2 aromatic carbocycles. The fraction of sp³-hybridized carbons (Fsp3) is 0.0417. The van der Waals surface area contributed by atoms with E-state index in [1.54, 1.807) is 30.9 Å². The number of halogens is 2. The molecule has 0 spiro atoms. The van der Waals surface area contributed by atoms with E-state index in [1.807, 2.05) is 31.2 Å². The second-order valence-corrected chi connectivity index (χ2v) is 7.62. The van der Waals surface area contributed by atoms with Crippen LogP contribution in [0.4, 0.5) is 15.9 Å². The molecule has 32 heavy (non-hydrogen) atoms. The van der Waals surface area contributed by atoms with E-state index in [-0.39, 0.29) is 5.02 Å². The number of hydrogen-bond acceptors (Lipinski definition) is 6. The molecule has 0 bridgehead atoms. The Kier molecular flexibility index (Phi) is 5.17. The maximum absolute atomic E-state index is 13.7. The van der Waals surface area contributed by atoms with Crippen molar-refractivity contribution in [2.45, 2.75) is 6.92 Å². The molecule has 3 aromatic heterocycles. The topological polar surface area (TPSA) is 76.5 Å². The van der Waals surface area contributed by atoms with E-state index in [9.17, 15) is 4.39 Å². The number of hydrogen-bond donors (Lipinski definition) is 1. The normalized spacial score (nSPS) is 11.0. The fourth-order valence-electron chi connectivity index (χ4n) is 3.45. The first-order chi connectivity index (χ1) is 15.6. The van der Waals surface area contributed by atoms with E-state index in [4.69, 9.17) is 21.6 Å². The van der Waals surface area contributed by atoms with Gasteiger partial charge in [-0.2, -0.15) is 0 Å². The molecule has 0 aliphatic heterocycles. The molecule has 0 unspecified atom stereocenters. The van der Waals surface area contributed by atoms with Gasteiger partial charge in [0, 0.05) is 47.0 Å². The third kappa shape index (κ3) is 3.86. The summed E-state index contributed by atoms with van der Waals surface area (Å²) >= 11 is 5.99. The summed E-state index contributed by atoms with van der Waals surface area (Å²) in [7, 11) is 0. The Bertz CT molecular complexity index is 1430. The molecule has 0 fully saturated rings. The van der Waals surface area contributed by atoms with Crippen LogP contribution in [0.2, 0.25) is 5.02 Å². The lowest BCUT2D eigenvalue weighted by Crippen LogP contribution is -2.01. The predicted molar refractivity (Wildman–Crippen MR) is 123 cm³/mol. The minimum atomic E-state index is -0.483. The lowest BCUT2D eigenvalue weighted by atomic mass is 10.0. The molecule has 8 heteroatoms. The van der Waals surface area contributed by atoms with Gasteiger partial charge in [-0.15, -0.1) is 0 Å². The van der Waals surface area contributed by atoms with Crippen LogP contribution < -0.4 is 5.32 Å². The Labute approximate surface area is 188 Å². The Balaban J connectivity index is 1.73. The monoisotopic (exact) mass is 442 g/mol. The van der Waals surface area contributed by atoms with E-state index < -0.39 is 5.82 Å². The van der Waals surface area contributed by atoms with Crippen LogP contribution in [-0.2, 0) is 0 Å². The van der Waals surface area contributed by atoms with Gasteiger partial charge in [-0.3, -0.25) is 4.98 Å². The van der Waals surface area contributed by atoms with Gasteiger partial charge >= 0.3 is 0 Å². The average Bonchev–Trinajstić information content (AvgIpc) is 2.83. The van der Waals surface area contributed by atoms with Crippen molar-refractivity contribution in [3.05, 3.63) is 90.0 Å². The van der Waals surface area contributed by atoms with Crippen LogP contribution >= 0.6 is 11.6 Å². The molecule has 0 radical (unpaired) electrons. The minimum absolute atomic E-state index is 0.0270. The molecule has 0 amide bonds. The molecule has 0 aliphatic carbocycles. The molecule has 0 saturated carbocycles. The quantitative estimate of drug-likeness (QED) is 0.368. The number of rotatable bonds is 4. The number of anilines is 2. The molecule has 5 rings (SSSR count). The number of aryl methyl sites for hydroxylation is 1. The standard InChI is InChI=1S/C24H16ClFN6/c1-14-7-16(17-11-28-13-29-12-17)8-19-22(14)31-23(15-3-2-6-27-10-15)32-24(19)30-18-4-5-21(26)20(25)9-18/h2-13H,1H3,(H,30,31,32). The Morgan fingerprint density at radius 1 is 0.875 bits per heavy atom. The average molecular weight is 443 g/mol. The first kappa shape index (κ1) is 20.0. The summed E-state index contributed by atoms with van der Waals surface area (Å²) in [5, 5.41) is 4.11. The van der Waals surface area contributed by atoms with Gasteiger partial charge < -0.3 is 5.32 Å². The summed E-state index contributed by atoms with van der Waals surface area (Å²) in [4.78, 5) is 22.0. The van der Waals surface area contributed by atoms with E-state index in [1.165, 1.54) is 18.5 Å². The van der Waals surface area contributed by atoms with E-state index in [0.717, 1.165) is 33.2 Å². The first-order valence-electron chi connectivity index (χ1n) is 9.79. The number of nitrogens with zero attached hydrogens (tertiary/aromatic N) is 5. The van der Waals surface area contributed by atoms with Gasteiger partial charge in [0.05, 0.1) is 10.5 Å². The molecule has 6 nitrogen and oxygen atoms in total. The number of benzene rings is 2. The van der Waals surface area contributed by atoms with Crippen LogP contribution in [0.15, 0.2) is 73.6 Å². The SMILES string of the molecule is Cc1cc(-c2cncnc2)cc2c(Nc3ccc(F)c(Cl)c3)nc(-c3cccnc3)nc12. The molecule has 0 saturated heterocycles. The highest BCUT2D eigenvalue weighted by atomic mass is 35.5. The van der Waals surface area contributed by atoms with E-state index in [0.29, 0.717) is 17.3 Å². The zero-order chi connectivity index (χ0) is 22.1. The summed E-state index contributed by atoms with van der Waals surface area (Å²) in [5.41, 5.74) is 4.97. The van der Waals surface area contributed by atoms with Crippen LogP contribution in [0.25, 0.3) is 33.4 Å². The summed E-state index contributed by atoms with van der Waals surface area (Å²) in [6.45, 7) is 1.99. The van der Waals surface area contributed by atoms with Crippen LogP contribution in [0.3, 0.4) is 0 Å². The summed E-state index contributed by atoms with van der Waals surface area (Å²) in [6.07, 6.45) is 8.41. The van der Waals surface area contributed by atoms with Crippen molar-refractivity contribution in [3.8, 4) is 22.5 Å². The van der Waals surface area contributed by atoms with Crippen molar-refractivity contribution in [2.75, 3.05) is 5.32 Å². The summed E-state index contributed by atoms with van der Waals surface area (Å²) < 4.78 is 13.7. The molecule has 0 atom stereocenters. The lowest BCUT2D eigenvalue weighted by molar-refractivity contribution is 0.628. The first-order valence-corrected chi connectivity index (χ1v) is 10.2. The van der Waals surface area contributed by atoms with Crippen molar-refractivity contribution in [1.82, 2.24) is 24.9 Å². The predicted octanol–water partition coefficient (Wildman–Crippen LogP) is 5.99. The van der Waals surface area contributed by atoms with Crippen LogP contribution in [-0.4, -0.2) is 24.9 Å². The Morgan fingerprint density at radius 3 is 2.44 bits per heavy atom. The van der Waals surface area contributed by atoms with Gasteiger partial charge in [0.1, 0.15) is 18.0 Å². The van der Waals surface area contributed by atoms with Crippen LogP contribution in [0, 0.1) is 12.7 Å². The number of fused-ring (bicyclic) bond motifs is 1. The number of aromatic nitrogens is 5. The second-order valence-electron chi connectivity index (χ2n) is 7.21. The van der Waals surface area contributed by atoms with Crippen LogP contribution in [0.1, 0.15) is 5.56 Å². The lowest BCUT2D eigenvalue weighted by Gasteiger charge is -2.14. The zero-order valence-corrected chi connectivity index (χ0v) is 17.7. The molecule has 5 aromatic rings. The summed E-state index contributed by atoms with van der Waals surface area (Å²) in [6, 6.07) is 12.2. The van der Waals surface area contributed by atoms with Gasteiger partial charge in [0.2, 0.25) is 0 Å². The molecule has 0 aliphatic rings.